The molecule has 0 spiro atoms. The highest BCUT2D eigenvalue weighted by molar-refractivity contribution is 5.96. The van der Waals surface area contributed by atoms with Crippen molar-refractivity contribution in [1.82, 2.24) is 10.9 Å². The van der Waals surface area contributed by atoms with E-state index in [4.69, 9.17) is 4.74 Å². The zero-order valence-electron chi connectivity index (χ0n) is 19.4. The maximum absolute atomic E-state index is 12.4. The van der Waals surface area contributed by atoms with Gasteiger partial charge in [0, 0.05) is 30.5 Å². The van der Waals surface area contributed by atoms with Crippen LogP contribution in [0.5, 0.6) is 5.75 Å². The number of benzene rings is 3. The lowest BCUT2D eigenvalue weighted by atomic mass is 10.1. The predicted molar refractivity (Wildman–Crippen MR) is 131 cm³/mol. The van der Waals surface area contributed by atoms with Crippen LogP contribution in [0.1, 0.15) is 39.9 Å². The fraction of sp³-hybridized carbons (Fsp3) is 0.222. The molecule has 176 valence electrons. The number of hydrogen-bond donors (Lipinski definition) is 3. The Kier molecular flexibility index (Phi) is 8.80. The van der Waals surface area contributed by atoms with Crippen LogP contribution in [0, 0.1) is 13.8 Å². The average molecular weight is 460 g/mol. The number of ether oxygens (including phenoxy) is 1. The molecular formula is C27H29N3O4. The Hall–Kier alpha value is -4.13. The fourth-order valence-electron chi connectivity index (χ4n) is 3.19. The van der Waals surface area contributed by atoms with Gasteiger partial charge in [-0.2, -0.15) is 0 Å². The van der Waals surface area contributed by atoms with Gasteiger partial charge >= 0.3 is 0 Å². The number of aryl methyl sites for hydroxylation is 2. The summed E-state index contributed by atoms with van der Waals surface area (Å²) in [6.45, 7) is 4.44. The highest BCUT2D eigenvalue weighted by Gasteiger charge is 2.11. The number of carbonyl (C=O) groups excluding carboxylic acids is 3. The van der Waals surface area contributed by atoms with E-state index in [2.05, 4.69) is 16.2 Å². The zero-order valence-corrected chi connectivity index (χ0v) is 19.4. The number of rotatable bonds is 9. The summed E-state index contributed by atoms with van der Waals surface area (Å²) < 4.78 is 5.74. The maximum atomic E-state index is 12.4. The lowest BCUT2D eigenvalue weighted by Crippen LogP contribution is -2.41. The van der Waals surface area contributed by atoms with Crippen LogP contribution >= 0.6 is 0 Å². The predicted octanol–water partition coefficient (Wildman–Crippen LogP) is 4.10. The molecule has 3 aromatic carbocycles. The largest absolute Gasteiger partial charge is 0.493 e. The van der Waals surface area contributed by atoms with Crippen LogP contribution in [-0.4, -0.2) is 24.3 Å². The zero-order chi connectivity index (χ0) is 24.3. The van der Waals surface area contributed by atoms with Crippen LogP contribution in [0.25, 0.3) is 0 Å². The summed E-state index contributed by atoms with van der Waals surface area (Å²) in [6.07, 6.45) is 0.698. The maximum Gasteiger partial charge on any atom is 0.269 e. The Labute approximate surface area is 199 Å². The van der Waals surface area contributed by atoms with E-state index in [1.165, 1.54) is 5.56 Å². The van der Waals surface area contributed by atoms with Crippen LogP contribution in [0.2, 0.25) is 0 Å². The van der Waals surface area contributed by atoms with Crippen LogP contribution in [0.3, 0.4) is 0 Å². The van der Waals surface area contributed by atoms with Crippen molar-refractivity contribution in [3.63, 3.8) is 0 Å². The van der Waals surface area contributed by atoms with Gasteiger partial charge in [0.1, 0.15) is 5.75 Å². The molecule has 3 amide bonds. The smallest absolute Gasteiger partial charge is 0.269 e. The van der Waals surface area contributed by atoms with Crippen molar-refractivity contribution in [3.8, 4) is 5.75 Å². The van der Waals surface area contributed by atoms with Crippen molar-refractivity contribution in [2.75, 3.05) is 11.9 Å². The van der Waals surface area contributed by atoms with Gasteiger partial charge in [-0.15, -0.1) is 0 Å². The highest BCUT2D eigenvalue weighted by Crippen LogP contribution is 2.15. The second-order valence-electron chi connectivity index (χ2n) is 7.96. The van der Waals surface area contributed by atoms with Crippen LogP contribution < -0.4 is 20.9 Å². The molecule has 0 saturated heterocycles. The van der Waals surface area contributed by atoms with Crippen molar-refractivity contribution in [1.29, 1.82) is 0 Å². The number of carbonyl (C=O) groups is 3. The number of nitrogens with one attached hydrogen (secondary N) is 3. The standard InChI is InChI=1S/C27H29N3O4/c1-19-11-12-23(17-20(19)2)28-25(31)13-14-26(32)29-30-27(33)22-9-6-10-24(18-22)34-16-15-21-7-4-3-5-8-21/h3-12,17-18H,13-16H2,1-2H3,(H,28,31)(H,29,32)(H,30,33). The van der Waals surface area contributed by atoms with Gasteiger partial charge in [0.15, 0.2) is 0 Å². The molecule has 0 saturated carbocycles. The third-order valence-electron chi connectivity index (χ3n) is 5.28. The van der Waals surface area contributed by atoms with E-state index in [0.29, 0.717) is 23.6 Å². The van der Waals surface area contributed by atoms with Gasteiger partial charge in [0.05, 0.1) is 6.61 Å². The second kappa shape index (κ2) is 12.2. The van der Waals surface area contributed by atoms with Gasteiger partial charge in [-0.1, -0.05) is 42.5 Å². The molecule has 7 heteroatoms. The molecular weight excluding hydrogens is 430 g/mol. The van der Waals surface area contributed by atoms with Crippen LogP contribution in [-0.2, 0) is 16.0 Å². The molecule has 7 nitrogen and oxygen atoms in total. The van der Waals surface area contributed by atoms with Crippen molar-refractivity contribution >= 4 is 23.4 Å². The van der Waals surface area contributed by atoms with Crippen molar-refractivity contribution in [2.24, 2.45) is 0 Å². The Morgan fingerprint density at radius 3 is 2.29 bits per heavy atom. The highest BCUT2D eigenvalue weighted by atomic mass is 16.5. The van der Waals surface area contributed by atoms with E-state index in [-0.39, 0.29) is 18.7 Å². The third kappa shape index (κ3) is 7.78. The normalized spacial score (nSPS) is 10.3. The van der Waals surface area contributed by atoms with Crippen molar-refractivity contribution in [3.05, 3.63) is 95.1 Å². The first-order chi connectivity index (χ1) is 16.4. The molecule has 0 aliphatic heterocycles. The Balaban J connectivity index is 1.39. The number of hydrogen-bond acceptors (Lipinski definition) is 4. The molecule has 0 unspecified atom stereocenters. The van der Waals surface area contributed by atoms with Gasteiger partial charge in [-0.25, -0.2) is 0 Å². The van der Waals surface area contributed by atoms with E-state index >= 15 is 0 Å². The minimum atomic E-state index is -0.471. The lowest BCUT2D eigenvalue weighted by Gasteiger charge is -2.10. The quantitative estimate of drug-likeness (QED) is 0.420. The molecule has 0 atom stereocenters. The summed E-state index contributed by atoms with van der Waals surface area (Å²) in [5.74, 6) is -0.636. The molecule has 0 aliphatic carbocycles. The first kappa shape index (κ1) is 24.5. The molecule has 0 radical (unpaired) electrons. The van der Waals surface area contributed by atoms with Gasteiger partial charge in [0.2, 0.25) is 11.8 Å². The monoisotopic (exact) mass is 459 g/mol. The minimum absolute atomic E-state index is 0.000628. The molecule has 3 aromatic rings. The minimum Gasteiger partial charge on any atom is -0.493 e. The summed E-state index contributed by atoms with van der Waals surface area (Å²) in [5, 5.41) is 2.77. The van der Waals surface area contributed by atoms with Crippen LogP contribution in [0.4, 0.5) is 5.69 Å². The van der Waals surface area contributed by atoms with Gasteiger partial charge in [0.25, 0.3) is 5.91 Å². The van der Waals surface area contributed by atoms with Gasteiger partial charge in [-0.05, 0) is 60.9 Å². The van der Waals surface area contributed by atoms with E-state index in [9.17, 15) is 14.4 Å². The van der Waals surface area contributed by atoms with E-state index < -0.39 is 11.8 Å². The molecule has 0 heterocycles. The molecule has 3 rings (SSSR count). The molecule has 0 fully saturated rings. The Bertz CT molecular complexity index is 1150. The summed E-state index contributed by atoms with van der Waals surface area (Å²) in [7, 11) is 0. The van der Waals surface area contributed by atoms with E-state index in [1.54, 1.807) is 24.3 Å². The van der Waals surface area contributed by atoms with Crippen molar-refractivity contribution in [2.45, 2.75) is 33.1 Å². The average Bonchev–Trinajstić information content (AvgIpc) is 2.84. The van der Waals surface area contributed by atoms with Crippen LogP contribution in [0.15, 0.2) is 72.8 Å². The Morgan fingerprint density at radius 1 is 0.765 bits per heavy atom. The topological polar surface area (TPSA) is 96.5 Å². The Morgan fingerprint density at radius 2 is 1.53 bits per heavy atom. The summed E-state index contributed by atoms with van der Waals surface area (Å²) in [6, 6.07) is 22.3. The lowest BCUT2D eigenvalue weighted by molar-refractivity contribution is -0.124. The first-order valence-corrected chi connectivity index (χ1v) is 11.1. The number of hydrazine groups is 1. The SMILES string of the molecule is Cc1ccc(NC(=O)CCC(=O)NNC(=O)c2cccc(OCCc3ccccc3)c2)cc1C. The summed E-state index contributed by atoms with van der Waals surface area (Å²) in [4.78, 5) is 36.5. The van der Waals surface area contributed by atoms with Gasteiger partial charge in [-0.3, -0.25) is 25.2 Å². The van der Waals surface area contributed by atoms with Gasteiger partial charge < -0.3 is 10.1 Å². The van der Waals surface area contributed by atoms with E-state index in [0.717, 1.165) is 17.5 Å². The van der Waals surface area contributed by atoms with Crippen molar-refractivity contribution < 1.29 is 19.1 Å². The second-order valence-corrected chi connectivity index (χ2v) is 7.96. The molecule has 34 heavy (non-hydrogen) atoms. The third-order valence-corrected chi connectivity index (χ3v) is 5.28. The molecule has 0 bridgehead atoms. The molecule has 0 aliphatic rings. The number of amides is 3. The summed E-state index contributed by atoms with van der Waals surface area (Å²) >= 11 is 0. The van der Waals surface area contributed by atoms with E-state index in [1.807, 2.05) is 62.4 Å². The molecule has 0 aromatic heterocycles. The number of anilines is 1. The first-order valence-electron chi connectivity index (χ1n) is 11.1. The molecule has 3 N–H and O–H groups in total. The fourth-order valence-corrected chi connectivity index (χ4v) is 3.19. The summed E-state index contributed by atoms with van der Waals surface area (Å²) in [5.41, 5.74) is 9.13.